The number of carbonyl (C=O) groups excluding carboxylic acids is 1. The predicted molar refractivity (Wildman–Crippen MR) is 115 cm³/mol. The molecule has 1 amide bonds. The molecule has 0 spiro atoms. The topological polar surface area (TPSA) is 82.6 Å². The Balaban J connectivity index is 1.39. The van der Waals surface area contributed by atoms with Crippen LogP contribution in [0, 0.1) is 0 Å². The van der Waals surface area contributed by atoms with Crippen LogP contribution in [0.1, 0.15) is 21.8 Å². The molecule has 8 nitrogen and oxygen atoms in total. The second-order valence-corrected chi connectivity index (χ2v) is 7.28. The van der Waals surface area contributed by atoms with Gasteiger partial charge >= 0.3 is 0 Å². The van der Waals surface area contributed by atoms with Gasteiger partial charge in [0.15, 0.2) is 11.5 Å². The number of benzene rings is 2. The van der Waals surface area contributed by atoms with Crippen LogP contribution in [0.5, 0.6) is 11.5 Å². The molecule has 0 saturated heterocycles. The molecule has 0 radical (unpaired) electrons. The quantitative estimate of drug-likeness (QED) is 0.434. The summed E-state index contributed by atoms with van der Waals surface area (Å²) >= 11 is 0. The van der Waals surface area contributed by atoms with E-state index >= 15 is 0 Å². The number of rotatable bonds is 8. The van der Waals surface area contributed by atoms with Crippen molar-refractivity contribution in [2.45, 2.75) is 13.0 Å². The number of aromatic nitrogens is 3. The van der Waals surface area contributed by atoms with Gasteiger partial charge in [-0.3, -0.25) is 9.48 Å². The number of nitrogens with zero attached hydrogens (tertiary/aromatic N) is 4. The van der Waals surface area contributed by atoms with E-state index in [1.54, 1.807) is 36.0 Å². The minimum absolute atomic E-state index is 0.163. The van der Waals surface area contributed by atoms with Gasteiger partial charge in [0.2, 0.25) is 0 Å². The summed E-state index contributed by atoms with van der Waals surface area (Å²) in [6, 6.07) is 13.2. The molecule has 2 heterocycles. The molecule has 0 atom stereocenters. The summed E-state index contributed by atoms with van der Waals surface area (Å²) in [6.07, 6.45) is 4.45. The monoisotopic (exact) mass is 420 g/mol. The smallest absolute Gasteiger partial charge is 0.275 e. The van der Waals surface area contributed by atoms with E-state index in [0.717, 1.165) is 22.1 Å². The van der Waals surface area contributed by atoms with Gasteiger partial charge < -0.3 is 18.9 Å². The summed E-state index contributed by atoms with van der Waals surface area (Å²) in [5.74, 6) is 1.76. The van der Waals surface area contributed by atoms with Crippen molar-refractivity contribution in [2.75, 3.05) is 20.7 Å². The first-order valence-electron chi connectivity index (χ1n) is 9.92. The number of fused-ring (bicyclic) bond motifs is 1. The zero-order valence-electron chi connectivity index (χ0n) is 17.7. The zero-order chi connectivity index (χ0) is 21.8. The van der Waals surface area contributed by atoms with E-state index in [0.29, 0.717) is 24.5 Å². The van der Waals surface area contributed by atoms with Crippen LogP contribution in [0.25, 0.3) is 10.8 Å². The summed E-state index contributed by atoms with van der Waals surface area (Å²) in [5.41, 5.74) is 1.33. The molecular weight excluding hydrogens is 396 g/mol. The van der Waals surface area contributed by atoms with Gasteiger partial charge in [-0.2, -0.15) is 5.10 Å². The van der Waals surface area contributed by atoms with E-state index < -0.39 is 0 Å². The standard InChI is InChI=1S/C23H24N4O4/c1-26(11-10-16-13-24-27(2)14-16)23(28)20-12-17(31-25-20)15-30-22-9-8-21(29-3)18-6-4-5-7-19(18)22/h4-9,12-14H,10-11,15H2,1-3H3. The van der Waals surface area contributed by atoms with E-state index in [4.69, 9.17) is 14.0 Å². The van der Waals surface area contributed by atoms with Crippen molar-refractivity contribution in [3.8, 4) is 11.5 Å². The zero-order valence-corrected chi connectivity index (χ0v) is 17.7. The fourth-order valence-corrected chi connectivity index (χ4v) is 3.37. The predicted octanol–water partition coefficient (Wildman–Crippen LogP) is 3.46. The van der Waals surface area contributed by atoms with Crippen molar-refractivity contribution in [3.05, 3.63) is 71.9 Å². The second kappa shape index (κ2) is 8.91. The number of amides is 1. The van der Waals surface area contributed by atoms with Crippen molar-refractivity contribution in [3.63, 3.8) is 0 Å². The first kappa shape index (κ1) is 20.5. The first-order chi connectivity index (χ1) is 15.0. The van der Waals surface area contributed by atoms with Gasteiger partial charge in [-0.05, 0) is 24.1 Å². The van der Waals surface area contributed by atoms with Crippen LogP contribution in [-0.2, 0) is 20.1 Å². The number of hydrogen-bond donors (Lipinski definition) is 0. The molecule has 0 bridgehead atoms. The maximum Gasteiger partial charge on any atom is 0.275 e. The van der Waals surface area contributed by atoms with Crippen molar-refractivity contribution in [1.29, 1.82) is 0 Å². The molecule has 0 fully saturated rings. The summed E-state index contributed by atoms with van der Waals surface area (Å²) in [7, 11) is 5.25. The number of ether oxygens (including phenoxy) is 2. The van der Waals surface area contributed by atoms with Gasteiger partial charge in [-0.15, -0.1) is 0 Å². The van der Waals surface area contributed by atoms with Crippen LogP contribution in [-0.4, -0.2) is 46.4 Å². The van der Waals surface area contributed by atoms with Crippen LogP contribution in [0.4, 0.5) is 0 Å². The van der Waals surface area contributed by atoms with Crippen LogP contribution in [0.15, 0.2) is 59.4 Å². The molecule has 4 rings (SSSR count). The Hall–Kier alpha value is -3.81. The number of methoxy groups -OCH3 is 1. The van der Waals surface area contributed by atoms with Crippen LogP contribution in [0.2, 0.25) is 0 Å². The van der Waals surface area contributed by atoms with Crippen molar-refractivity contribution in [1.82, 2.24) is 19.8 Å². The normalized spacial score (nSPS) is 10.9. The van der Waals surface area contributed by atoms with Gasteiger partial charge in [-0.25, -0.2) is 0 Å². The summed E-state index contributed by atoms with van der Waals surface area (Å²) in [6.45, 7) is 0.719. The number of likely N-dealkylation sites (N-methyl/N-ethyl adjacent to an activating group) is 1. The van der Waals surface area contributed by atoms with Crippen molar-refractivity contribution >= 4 is 16.7 Å². The molecule has 2 aromatic carbocycles. The van der Waals surface area contributed by atoms with Gasteiger partial charge in [0.05, 0.1) is 13.3 Å². The van der Waals surface area contributed by atoms with Gasteiger partial charge in [0, 0.05) is 43.7 Å². The highest BCUT2D eigenvalue weighted by Gasteiger charge is 2.18. The Morgan fingerprint density at radius 1 is 1.16 bits per heavy atom. The maximum absolute atomic E-state index is 12.6. The highest BCUT2D eigenvalue weighted by molar-refractivity contribution is 5.93. The molecule has 0 unspecified atom stereocenters. The number of aryl methyl sites for hydroxylation is 1. The Morgan fingerprint density at radius 3 is 2.61 bits per heavy atom. The molecule has 0 aliphatic carbocycles. The minimum atomic E-state index is -0.200. The van der Waals surface area contributed by atoms with Crippen LogP contribution in [0.3, 0.4) is 0 Å². The summed E-state index contributed by atoms with van der Waals surface area (Å²) < 4.78 is 18.4. The Kier molecular flexibility index (Phi) is 5.88. The Labute approximate surface area is 180 Å². The summed E-state index contributed by atoms with van der Waals surface area (Å²) in [5, 5.41) is 9.96. The largest absolute Gasteiger partial charge is 0.496 e. The minimum Gasteiger partial charge on any atom is -0.496 e. The van der Waals surface area contributed by atoms with Gasteiger partial charge in [0.25, 0.3) is 5.91 Å². The average molecular weight is 420 g/mol. The van der Waals surface area contributed by atoms with E-state index in [2.05, 4.69) is 10.3 Å². The lowest BCUT2D eigenvalue weighted by Gasteiger charge is -2.14. The van der Waals surface area contributed by atoms with E-state index in [-0.39, 0.29) is 18.2 Å². The maximum atomic E-state index is 12.6. The lowest BCUT2D eigenvalue weighted by molar-refractivity contribution is 0.0786. The lowest BCUT2D eigenvalue weighted by atomic mass is 10.1. The second-order valence-electron chi connectivity index (χ2n) is 7.28. The van der Waals surface area contributed by atoms with Crippen LogP contribution < -0.4 is 9.47 Å². The lowest BCUT2D eigenvalue weighted by Crippen LogP contribution is -2.29. The molecule has 0 saturated carbocycles. The molecule has 0 N–H and O–H groups in total. The Bertz CT molecular complexity index is 1200. The molecule has 0 aliphatic heterocycles. The first-order valence-corrected chi connectivity index (χ1v) is 9.92. The fourth-order valence-electron chi connectivity index (χ4n) is 3.37. The highest BCUT2D eigenvalue weighted by Crippen LogP contribution is 2.33. The van der Waals surface area contributed by atoms with Crippen molar-refractivity contribution in [2.24, 2.45) is 7.05 Å². The molecule has 0 aliphatic rings. The fraction of sp³-hybridized carbons (Fsp3) is 0.261. The van der Waals surface area contributed by atoms with E-state index in [1.807, 2.05) is 49.6 Å². The third-order valence-corrected chi connectivity index (χ3v) is 5.05. The molecular formula is C23H24N4O4. The average Bonchev–Trinajstić information content (AvgIpc) is 3.44. The number of carbonyl (C=O) groups is 1. The van der Waals surface area contributed by atoms with E-state index in [1.165, 1.54) is 0 Å². The molecule has 8 heteroatoms. The molecule has 4 aromatic rings. The highest BCUT2D eigenvalue weighted by atomic mass is 16.5. The van der Waals surface area contributed by atoms with Gasteiger partial charge in [0.1, 0.15) is 18.1 Å². The van der Waals surface area contributed by atoms with E-state index in [9.17, 15) is 4.79 Å². The van der Waals surface area contributed by atoms with Crippen molar-refractivity contribution < 1.29 is 18.8 Å². The van der Waals surface area contributed by atoms with Crippen LogP contribution >= 0.6 is 0 Å². The summed E-state index contributed by atoms with van der Waals surface area (Å²) in [4.78, 5) is 14.2. The Morgan fingerprint density at radius 2 is 1.90 bits per heavy atom. The number of hydrogen-bond acceptors (Lipinski definition) is 6. The third-order valence-electron chi connectivity index (χ3n) is 5.05. The van der Waals surface area contributed by atoms with Gasteiger partial charge in [-0.1, -0.05) is 29.4 Å². The SMILES string of the molecule is COc1ccc(OCc2cc(C(=O)N(C)CCc3cnn(C)c3)no2)c2ccccc12. The molecule has 31 heavy (non-hydrogen) atoms. The molecule has 2 aromatic heterocycles. The third kappa shape index (κ3) is 4.53. The molecule has 160 valence electrons.